The van der Waals surface area contributed by atoms with Crippen molar-refractivity contribution in [2.75, 3.05) is 13.1 Å². The molecule has 3 rings (SSSR count). The van der Waals surface area contributed by atoms with E-state index in [9.17, 15) is 4.79 Å². The van der Waals surface area contributed by atoms with Crippen molar-refractivity contribution in [3.63, 3.8) is 0 Å². The molecule has 0 radical (unpaired) electrons. The summed E-state index contributed by atoms with van der Waals surface area (Å²) in [6, 6.07) is 4.19. The summed E-state index contributed by atoms with van der Waals surface area (Å²) >= 11 is 0. The average Bonchev–Trinajstić information content (AvgIpc) is 2.92. The smallest absolute Gasteiger partial charge is 0.226 e. The van der Waals surface area contributed by atoms with E-state index in [-0.39, 0.29) is 30.1 Å². The Kier molecular flexibility index (Phi) is 4.04. The van der Waals surface area contributed by atoms with Crippen LogP contribution in [0.2, 0.25) is 0 Å². The summed E-state index contributed by atoms with van der Waals surface area (Å²) in [5, 5.41) is 3.01. The summed E-state index contributed by atoms with van der Waals surface area (Å²) < 4.78 is 11.6. The van der Waals surface area contributed by atoms with Gasteiger partial charge in [-0.1, -0.05) is 0 Å². The van der Waals surface area contributed by atoms with E-state index in [4.69, 9.17) is 9.15 Å². The maximum Gasteiger partial charge on any atom is 0.226 e. The molecule has 1 N–H and O–H groups in total. The predicted octanol–water partition coefficient (Wildman–Crippen LogP) is 1.70. The number of hydrogen-bond donors (Lipinski definition) is 1. The first-order valence-corrected chi connectivity index (χ1v) is 7.75. The lowest BCUT2D eigenvalue weighted by atomic mass is 9.99. The van der Waals surface area contributed by atoms with Gasteiger partial charge in [0.05, 0.1) is 24.7 Å². The van der Waals surface area contributed by atoms with Gasteiger partial charge in [0, 0.05) is 19.1 Å². The van der Waals surface area contributed by atoms with E-state index < -0.39 is 0 Å². The number of nitrogens with zero attached hydrogens (tertiary/aromatic N) is 1. The molecular formula is C16H24N2O3. The molecule has 0 saturated carbocycles. The summed E-state index contributed by atoms with van der Waals surface area (Å²) in [6.45, 7) is 8.41. The fraction of sp³-hybridized carbons (Fsp3) is 0.688. The largest absolute Gasteiger partial charge is 0.465 e. The van der Waals surface area contributed by atoms with Crippen LogP contribution in [0.4, 0.5) is 0 Å². The molecule has 1 aromatic rings. The van der Waals surface area contributed by atoms with Crippen molar-refractivity contribution in [1.29, 1.82) is 0 Å². The van der Waals surface area contributed by atoms with Crippen LogP contribution in [0.25, 0.3) is 0 Å². The van der Waals surface area contributed by atoms with Gasteiger partial charge in [0.25, 0.3) is 0 Å². The van der Waals surface area contributed by atoms with Gasteiger partial charge in [-0.25, -0.2) is 0 Å². The monoisotopic (exact) mass is 292 g/mol. The van der Waals surface area contributed by atoms with Crippen LogP contribution in [-0.4, -0.2) is 42.1 Å². The average molecular weight is 292 g/mol. The molecule has 5 heteroatoms. The molecule has 2 bridgehead atoms. The highest BCUT2D eigenvalue weighted by molar-refractivity contribution is 5.80. The van der Waals surface area contributed by atoms with Crippen molar-refractivity contribution in [1.82, 2.24) is 10.2 Å². The van der Waals surface area contributed by atoms with Gasteiger partial charge >= 0.3 is 0 Å². The number of morpholine rings is 1. The van der Waals surface area contributed by atoms with Gasteiger partial charge in [0.2, 0.25) is 5.91 Å². The van der Waals surface area contributed by atoms with Gasteiger partial charge in [0.1, 0.15) is 11.5 Å². The number of fused-ring (bicyclic) bond motifs is 2. The number of ether oxygens (including phenoxy) is 1. The van der Waals surface area contributed by atoms with Gasteiger partial charge in [-0.2, -0.15) is 0 Å². The van der Waals surface area contributed by atoms with Crippen molar-refractivity contribution >= 4 is 5.91 Å². The van der Waals surface area contributed by atoms with Crippen LogP contribution in [0.5, 0.6) is 0 Å². The molecule has 116 valence electrons. The summed E-state index contributed by atoms with van der Waals surface area (Å²) in [6.07, 6.45) is 1.01. The molecule has 1 aromatic heterocycles. The van der Waals surface area contributed by atoms with Crippen LogP contribution >= 0.6 is 0 Å². The minimum Gasteiger partial charge on any atom is -0.465 e. The summed E-state index contributed by atoms with van der Waals surface area (Å²) in [5.74, 6) is 2.04. The molecule has 3 heterocycles. The van der Waals surface area contributed by atoms with E-state index in [1.807, 2.05) is 32.9 Å². The van der Waals surface area contributed by atoms with Crippen LogP contribution in [0.1, 0.15) is 31.8 Å². The molecule has 2 saturated heterocycles. The summed E-state index contributed by atoms with van der Waals surface area (Å²) in [5.41, 5.74) is 0. The Morgan fingerprint density at radius 1 is 1.43 bits per heavy atom. The number of carbonyl (C=O) groups excluding carboxylic acids is 1. The molecule has 0 unspecified atom stereocenters. The van der Waals surface area contributed by atoms with E-state index in [1.165, 1.54) is 0 Å². The SMILES string of the molecule is Cc1ccc(CN2C[C@@H]3C[C@@H](C(=O)NC(C)C)[C@H](C2)O3)o1. The Balaban J connectivity index is 1.60. The minimum absolute atomic E-state index is 0.0126. The minimum atomic E-state index is -0.0132. The number of carbonyl (C=O) groups is 1. The van der Waals surface area contributed by atoms with Gasteiger partial charge in [-0.05, 0) is 39.3 Å². The standard InChI is InChI=1S/C16H24N2O3/c1-10(2)17-16(19)14-6-13-8-18(9-15(14)21-13)7-12-5-4-11(3)20-12/h4-5,10,13-15H,6-9H2,1-3H3,(H,17,19)/t13-,14+,15-/m0/s1. The Labute approximate surface area is 125 Å². The van der Waals surface area contributed by atoms with Crippen LogP contribution in [-0.2, 0) is 16.1 Å². The van der Waals surface area contributed by atoms with Crippen molar-refractivity contribution < 1.29 is 13.9 Å². The quantitative estimate of drug-likeness (QED) is 0.918. The highest BCUT2D eigenvalue weighted by atomic mass is 16.5. The van der Waals surface area contributed by atoms with Gasteiger partial charge in [-0.3, -0.25) is 9.69 Å². The van der Waals surface area contributed by atoms with Crippen LogP contribution in [0, 0.1) is 12.8 Å². The molecule has 21 heavy (non-hydrogen) atoms. The second-order valence-electron chi connectivity index (χ2n) is 6.51. The van der Waals surface area contributed by atoms with Gasteiger partial charge in [-0.15, -0.1) is 0 Å². The highest BCUT2D eigenvalue weighted by Crippen LogP contribution is 2.32. The molecule has 5 nitrogen and oxygen atoms in total. The maximum atomic E-state index is 12.2. The first kappa shape index (κ1) is 14.6. The van der Waals surface area contributed by atoms with E-state index in [1.54, 1.807) is 0 Å². The second-order valence-corrected chi connectivity index (χ2v) is 6.51. The molecule has 1 amide bonds. The molecule has 3 atom stereocenters. The van der Waals surface area contributed by atoms with E-state index in [0.717, 1.165) is 37.6 Å². The first-order valence-electron chi connectivity index (χ1n) is 7.75. The number of hydrogen-bond acceptors (Lipinski definition) is 4. The number of aryl methyl sites for hydroxylation is 1. The molecular weight excluding hydrogens is 268 g/mol. The Hall–Kier alpha value is -1.33. The molecule has 0 aromatic carbocycles. The lowest BCUT2D eigenvalue weighted by Gasteiger charge is -2.32. The third-order valence-electron chi connectivity index (χ3n) is 4.18. The van der Waals surface area contributed by atoms with Crippen molar-refractivity contribution in [2.24, 2.45) is 5.92 Å². The molecule has 2 fully saturated rings. The number of likely N-dealkylation sites (tertiary alicyclic amines) is 1. The Morgan fingerprint density at radius 3 is 2.90 bits per heavy atom. The van der Waals surface area contributed by atoms with E-state index >= 15 is 0 Å². The van der Waals surface area contributed by atoms with Gasteiger partial charge in [0.15, 0.2) is 0 Å². The van der Waals surface area contributed by atoms with Gasteiger partial charge < -0.3 is 14.5 Å². The van der Waals surface area contributed by atoms with E-state index in [2.05, 4.69) is 10.2 Å². The third-order valence-corrected chi connectivity index (χ3v) is 4.18. The molecule has 0 aliphatic carbocycles. The van der Waals surface area contributed by atoms with Crippen molar-refractivity contribution in [3.8, 4) is 0 Å². The fourth-order valence-electron chi connectivity index (χ4n) is 3.32. The Morgan fingerprint density at radius 2 is 2.24 bits per heavy atom. The number of amides is 1. The van der Waals surface area contributed by atoms with E-state index in [0.29, 0.717) is 0 Å². The van der Waals surface area contributed by atoms with Crippen molar-refractivity contribution in [3.05, 3.63) is 23.7 Å². The predicted molar refractivity (Wildman–Crippen MR) is 78.8 cm³/mol. The van der Waals surface area contributed by atoms with Crippen LogP contribution in [0.15, 0.2) is 16.5 Å². The summed E-state index contributed by atoms with van der Waals surface area (Å²) in [4.78, 5) is 14.6. The molecule has 2 aliphatic rings. The van der Waals surface area contributed by atoms with Crippen LogP contribution < -0.4 is 5.32 Å². The highest BCUT2D eigenvalue weighted by Gasteiger charge is 2.44. The topological polar surface area (TPSA) is 54.7 Å². The lowest BCUT2D eigenvalue weighted by molar-refractivity contribution is -0.128. The second kappa shape index (κ2) is 5.81. The zero-order valence-electron chi connectivity index (χ0n) is 13.0. The van der Waals surface area contributed by atoms with Crippen molar-refractivity contribution in [2.45, 2.75) is 52.0 Å². The maximum absolute atomic E-state index is 12.2. The zero-order valence-corrected chi connectivity index (χ0v) is 13.0. The molecule has 0 spiro atoms. The molecule has 2 aliphatic heterocycles. The fourth-order valence-corrected chi connectivity index (χ4v) is 3.32. The first-order chi connectivity index (χ1) is 10.0. The summed E-state index contributed by atoms with van der Waals surface area (Å²) in [7, 11) is 0. The number of furan rings is 1. The number of nitrogens with one attached hydrogen (secondary N) is 1. The lowest BCUT2D eigenvalue weighted by Crippen LogP contribution is -2.45. The zero-order chi connectivity index (χ0) is 15.0. The Bertz CT molecular complexity index is 511. The third kappa shape index (κ3) is 3.30. The van der Waals surface area contributed by atoms with Crippen LogP contribution in [0.3, 0.4) is 0 Å². The normalized spacial score (nSPS) is 29.0. The number of rotatable bonds is 4.